The van der Waals surface area contributed by atoms with Gasteiger partial charge in [0.1, 0.15) is 23.6 Å². The number of rotatable bonds is 4. The topological polar surface area (TPSA) is 66.2 Å². The van der Waals surface area contributed by atoms with E-state index in [-0.39, 0.29) is 6.54 Å². The fourth-order valence-corrected chi connectivity index (χ4v) is 2.71. The molecular weight excluding hydrogens is 318 g/mol. The summed E-state index contributed by atoms with van der Waals surface area (Å²) in [5.41, 5.74) is 1.54. The molecule has 0 unspecified atom stereocenters. The van der Waals surface area contributed by atoms with E-state index in [4.69, 9.17) is 9.47 Å². The third kappa shape index (κ3) is 3.01. The van der Waals surface area contributed by atoms with Crippen molar-refractivity contribution < 1.29 is 14.3 Å². The number of ether oxygens (including phenoxy) is 2. The van der Waals surface area contributed by atoms with Crippen molar-refractivity contribution in [1.82, 2.24) is 15.0 Å². The Labute approximate surface area is 143 Å². The molecule has 25 heavy (non-hydrogen) atoms. The first-order chi connectivity index (χ1) is 12.2. The molecule has 0 N–H and O–H groups in total. The van der Waals surface area contributed by atoms with E-state index in [0.29, 0.717) is 5.75 Å². The third-order valence-corrected chi connectivity index (χ3v) is 3.95. The van der Waals surface area contributed by atoms with Gasteiger partial charge in [0.25, 0.3) is 0 Å². The van der Waals surface area contributed by atoms with Gasteiger partial charge in [-0.05, 0) is 47.2 Å². The average molecular weight is 333 g/mol. The number of hydrogen-bond donors (Lipinski definition) is 0. The molecule has 1 aromatic heterocycles. The smallest absolute Gasteiger partial charge is 0.333 e. The van der Waals surface area contributed by atoms with Crippen LogP contribution in [-0.4, -0.2) is 28.1 Å². The maximum atomic E-state index is 12.2. The van der Waals surface area contributed by atoms with Gasteiger partial charge in [0.05, 0.1) is 12.6 Å². The van der Waals surface area contributed by atoms with Gasteiger partial charge in [0.15, 0.2) is 0 Å². The van der Waals surface area contributed by atoms with Crippen LogP contribution in [-0.2, 0) is 11.3 Å². The Morgan fingerprint density at radius 3 is 2.60 bits per heavy atom. The Balaban J connectivity index is 1.55. The molecule has 0 saturated heterocycles. The highest BCUT2D eigenvalue weighted by molar-refractivity contribution is 5.86. The van der Waals surface area contributed by atoms with E-state index < -0.39 is 5.97 Å². The fraction of sp³-hybridized carbons (Fsp3) is 0.105. The summed E-state index contributed by atoms with van der Waals surface area (Å²) in [5, 5.41) is 10.0. The maximum Gasteiger partial charge on any atom is 0.333 e. The highest BCUT2D eigenvalue weighted by atomic mass is 16.5. The molecule has 0 aliphatic heterocycles. The summed E-state index contributed by atoms with van der Waals surface area (Å²) in [7, 11) is 1.62. The summed E-state index contributed by atoms with van der Waals surface area (Å²) in [6, 6.07) is 18.7. The zero-order valence-corrected chi connectivity index (χ0v) is 13.5. The minimum absolute atomic E-state index is 0.00331. The quantitative estimate of drug-likeness (QED) is 0.424. The number of para-hydroxylation sites is 1. The molecule has 124 valence electrons. The average Bonchev–Trinajstić information content (AvgIpc) is 3.04. The highest BCUT2D eigenvalue weighted by Crippen LogP contribution is 2.25. The van der Waals surface area contributed by atoms with Crippen molar-refractivity contribution in [2.45, 2.75) is 6.54 Å². The lowest BCUT2D eigenvalue weighted by atomic mass is 10.1. The largest absolute Gasteiger partial charge is 0.497 e. The van der Waals surface area contributed by atoms with Crippen LogP contribution in [0, 0.1) is 0 Å². The minimum Gasteiger partial charge on any atom is -0.497 e. The van der Waals surface area contributed by atoms with Crippen LogP contribution in [0.25, 0.3) is 21.8 Å². The van der Waals surface area contributed by atoms with Crippen molar-refractivity contribution >= 4 is 27.8 Å². The summed E-state index contributed by atoms with van der Waals surface area (Å²) in [4.78, 5) is 12.2. The number of esters is 1. The molecule has 0 aliphatic rings. The van der Waals surface area contributed by atoms with Crippen molar-refractivity contribution in [1.29, 1.82) is 0 Å². The van der Waals surface area contributed by atoms with Gasteiger partial charge in [-0.3, -0.25) is 0 Å². The monoisotopic (exact) mass is 333 g/mol. The lowest BCUT2D eigenvalue weighted by molar-refractivity contribution is -0.135. The Kier molecular flexibility index (Phi) is 3.78. The molecule has 4 rings (SSSR count). The molecule has 6 nitrogen and oxygen atoms in total. The molecule has 3 aromatic carbocycles. The molecule has 0 bridgehead atoms. The van der Waals surface area contributed by atoms with Crippen molar-refractivity contribution in [3.63, 3.8) is 0 Å². The molecule has 0 atom stereocenters. The lowest BCUT2D eigenvalue weighted by Gasteiger charge is -2.07. The van der Waals surface area contributed by atoms with Crippen molar-refractivity contribution in [2.75, 3.05) is 7.11 Å². The summed E-state index contributed by atoms with van der Waals surface area (Å²) in [5.74, 6) is 0.832. The molecule has 0 radical (unpaired) electrons. The summed E-state index contributed by atoms with van der Waals surface area (Å²) in [6.07, 6.45) is 0. The molecule has 0 spiro atoms. The zero-order valence-electron chi connectivity index (χ0n) is 13.5. The second-order valence-electron chi connectivity index (χ2n) is 5.58. The number of methoxy groups -OCH3 is 1. The molecule has 4 aromatic rings. The summed E-state index contributed by atoms with van der Waals surface area (Å²) in [6.45, 7) is -0.00331. The molecule has 0 aliphatic carbocycles. The Hall–Kier alpha value is -3.41. The first-order valence-electron chi connectivity index (χ1n) is 7.80. The summed E-state index contributed by atoms with van der Waals surface area (Å²) < 4.78 is 12.2. The SMILES string of the molecule is COc1ccc2ccc(OC(=O)Cn3nnc4ccccc43)cc2c1. The van der Waals surface area contributed by atoms with Gasteiger partial charge in [-0.25, -0.2) is 9.48 Å². The Bertz CT molecular complexity index is 1070. The molecule has 0 fully saturated rings. The second-order valence-corrected chi connectivity index (χ2v) is 5.58. The van der Waals surface area contributed by atoms with Crippen LogP contribution in [0.2, 0.25) is 0 Å². The maximum absolute atomic E-state index is 12.2. The summed E-state index contributed by atoms with van der Waals surface area (Å²) >= 11 is 0. The van der Waals surface area contributed by atoms with Gasteiger partial charge < -0.3 is 9.47 Å². The van der Waals surface area contributed by atoms with Crippen LogP contribution in [0.15, 0.2) is 60.7 Å². The molecule has 0 saturated carbocycles. The van der Waals surface area contributed by atoms with Gasteiger partial charge in [0, 0.05) is 0 Å². The van der Waals surface area contributed by atoms with Crippen LogP contribution >= 0.6 is 0 Å². The molecule has 0 amide bonds. The Morgan fingerprint density at radius 2 is 1.76 bits per heavy atom. The standard InChI is InChI=1S/C19H15N3O3/c1-24-15-8-6-13-7-9-16(11-14(13)10-15)25-19(23)12-22-18-5-3-2-4-17(18)20-21-22/h2-11H,12H2,1H3. The highest BCUT2D eigenvalue weighted by Gasteiger charge is 2.11. The number of carbonyl (C=O) groups excluding carboxylic acids is 1. The van der Waals surface area contributed by atoms with Crippen LogP contribution in [0.4, 0.5) is 0 Å². The van der Waals surface area contributed by atoms with Crippen molar-refractivity contribution in [3.05, 3.63) is 60.7 Å². The first kappa shape index (κ1) is 15.1. The second kappa shape index (κ2) is 6.24. The van der Waals surface area contributed by atoms with E-state index >= 15 is 0 Å². The number of hydrogen-bond acceptors (Lipinski definition) is 5. The first-order valence-corrected chi connectivity index (χ1v) is 7.80. The van der Waals surface area contributed by atoms with Crippen LogP contribution in [0.5, 0.6) is 11.5 Å². The number of carbonyl (C=O) groups is 1. The van der Waals surface area contributed by atoms with E-state index in [2.05, 4.69) is 10.3 Å². The van der Waals surface area contributed by atoms with Crippen molar-refractivity contribution in [3.8, 4) is 11.5 Å². The predicted octanol–water partition coefficient (Wildman–Crippen LogP) is 3.20. The third-order valence-electron chi connectivity index (χ3n) is 3.95. The van der Waals surface area contributed by atoms with E-state index in [1.165, 1.54) is 4.68 Å². The normalized spacial score (nSPS) is 10.9. The number of nitrogens with zero attached hydrogens (tertiary/aromatic N) is 3. The number of aromatic nitrogens is 3. The van der Waals surface area contributed by atoms with Crippen LogP contribution < -0.4 is 9.47 Å². The van der Waals surface area contributed by atoms with Crippen LogP contribution in [0.3, 0.4) is 0 Å². The van der Waals surface area contributed by atoms with Crippen LogP contribution in [0.1, 0.15) is 0 Å². The van der Waals surface area contributed by atoms with Gasteiger partial charge in [-0.2, -0.15) is 0 Å². The predicted molar refractivity (Wildman–Crippen MR) is 93.7 cm³/mol. The molecule has 1 heterocycles. The van der Waals surface area contributed by atoms with Gasteiger partial charge in [-0.15, -0.1) is 5.10 Å². The van der Waals surface area contributed by atoms with E-state index in [9.17, 15) is 4.79 Å². The number of fused-ring (bicyclic) bond motifs is 2. The minimum atomic E-state index is -0.405. The van der Waals surface area contributed by atoms with E-state index in [1.54, 1.807) is 13.2 Å². The lowest BCUT2D eigenvalue weighted by Crippen LogP contribution is -2.17. The molecule has 6 heteroatoms. The molecular formula is C19H15N3O3. The zero-order chi connectivity index (χ0) is 17.2. The van der Waals surface area contributed by atoms with Gasteiger partial charge >= 0.3 is 5.97 Å². The van der Waals surface area contributed by atoms with Crippen molar-refractivity contribution in [2.24, 2.45) is 0 Å². The fourth-order valence-electron chi connectivity index (χ4n) is 2.71. The van der Waals surface area contributed by atoms with Gasteiger partial charge in [0.2, 0.25) is 0 Å². The number of benzene rings is 3. The van der Waals surface area contributed by atoms with E-state index in [1.807, 2.05) is 54.6 Å². The Morgan fingerprint density at radius 1 is 1.00 bits per heavy atom. The van der Waals surface area contributed by atoms with E-state index in [0.717, 1.165) is 27.6 Å². The van der Waals surface area contributed by atoms with Gasteiger partial charge in [-0.1, -0.05) is 29.5 Å².